The highest BCUT2D eigenvalue weighted by molar-refractivity contribution is 7.00. The molecule has 13 rings (SSSR count). The summed E-state index contributed by atoms with van der Waals surface area (Å²) in [5.41, 5.74) is 20.7. The molecule has 10 aromatic rings. The summed E-state index contributed by atoms with van der Waals surface area (Å²) in [5, 5.41) is 4.71. The Kier molecular flexibility index (Phi) is 6.59. The first-order valence-electron chi connectivity index (χ1n) is 20.6. The third-order valence-corrected chi connectivity index (χ3v) is 13.5. The van der Waals surface area contributed by atoms with Gasteiger partial charge in [0.1, 0.15) is 11.2 Å². The van der Waals surface area contributed by atoms with Crippen LogP contribution in [0.3, 0.4) is 0 Å². The average molecular weight is 753 g/mol. The molecule has 0 unspecified atom stereocenters. The molecular weight excluding hydrogens is 715 g/mol. The molecular formula is C55H37BN2O. The summed E-state index contributed by atoms with van der Waals surface area (Å²) in [4.78, 5) is 4.94. The Bertz CT molecular complexity index is 3400. The zero-order valence-corrected chi connectivity index (χ0v) is 32.8. The minimum atomic E-state index is -0.0404. The van der Waals surface area contributed by atoms with Gasteiger partial charge in [-0.15, -0.1) is 0 Å². The maximum absolute atomic E-state index is 6.46. The topological polar surface area (TPSA) is 19.6 Å². The maximum Gasteiger partial charge on any atom is 0.252 e. The van der Waals surface area contributed by atoms with Gasteiger partial charge in [0.15, 0.2) is 0 Å². The predicted octanol–water partition coefficient (Wildman–Crippen LogP) is 12.8. The third-order valence-electron chi connectivity index (χ3n) is 13.5. The Morgan fingerprint density at radius 3 is 1.85 bits per heavy atom. The molecule has 0 atom stereocenters. The Labute approximate surface area is 343 Å². The van der Waals surface area contributed by atoms with E-state index >= 15 is 0 Å². The Morgan fingerprint density at radius 2 is 1.05 bits per heavy atom. The molecule has 276 valence electrons. The molecule has 0 fully saturated rings. The second-order valence-corrected chi connectivity index (χ2v) is 16.9. The molecule has 0 N–H and O–H groups in total. The largest absolute Gasteiger partial charge is 0.456 e. The number of fused-ring (bicyclic) bond motifs is 12. The van der Waals surface area contributed by atoms with E-state index in [2.05, 4.69) is 212 Å². The van der Waals surface area contributed by atoms with Gasteiger partial charge in [0.05, 0.1) is 0 Å². The first kappa shape index (κ1) is 32.8. The van der Waals surface area contributed by atoms with Gasteiger partial charge < -0.3 is 14.2 Å². The molecule has 0 bridgehead atoms. The van der Waals surface area contributed by atoms with Crippen LogP contribution in [0.2, 0.25) is 0 Å². The van der Waals surface area contributed by atoms with Gasteiger partial charge in [-0.3, -0.25) is 0 Å². The number of furan rings is 1. The smallest absolute Gasteiger partial charge is 0.252 e. The summed E-state index contributed by atoms with van der Waals surface area (Å²) in [6.45, 7) is 4.79. The molecule has 0 radical (unpaired) electrons. The number of hydrogen-bond acceptors (Lipinski definition) is 3. The lowest BCUT2D eigenvalue weighted by atomic mass is 9.33. The quantitative estimate of drug-likeness (QED) is 0.168. The molecule has 3 nitrogen and oxygen atoms in total. The molecule has 0 saturated heterocycles. The molecule has 0 amide bonds. The monoisotopic (exact) mass is 752 g/mol. The number of nitrogens with zero attached hydrogens (tertiary/aromatic N) is 2. The van der Waals surface area contributed by atoms with Crippen LogP contribution >= 0.6 is 0 Å². The lowest BCUT2D eigenvalue weighted by molar-refractivity contribution is 0.660. The average Bonchev–Trinajstić information content (AvgIpc) is 3.78. The van der Waals surface area contributed by atoms with Gasteiger partial charge in [0.25, 0.3) is 6.71 Å². The van der Waals surface area contributed by atoms with Gasteiger partial charge in [0.2, 0.25) is 0 Å². The highest BCUT2D eigenvalue weighted by Gasteiger charge is 2.43. The van der Waals surface area contributed by atoms with Gasteiger partial charge in [-0.1, -0.05) is 135 Å². The van der Waals surface area contributed by atoms with Crippen LogP contribution in [0.4, 0.5) is 34.1 Å². The predicted molar refractivity (Wildman–Crippen MR) is 248 cm³/mol. The summed E-state index contributed by atoms with van der Waals surface area (Å²) < 4.78 is 6.46. The van der Waals surface area contributed by atoms with Crippen LogP contribution in [-0.2, 0) is 5.41 Å². The van der Waals surface area contributed by atoms with E-state index in [1.165, 1.54) is 83.3 Å². The molecule has 4 heteroatoms. The van der Waals surface area contributed by atoms with Gasteiger partial charge in [-0.05, 0) is 127 Å². The van der Waals surface area contributed by atoms with E-state index in [4.69, 9.17) is 4.42 Å². The summed E-state index contributed by atoms with van der Waals surface area (Å²) in [7, 11) is 0. The standard InChI is InChI=1S/C55H37BN2O/c1-55(2)43-15-6-5-14-40(43)41-29-24-36(32-44(41)55)34-22-26-37(27-23-34)57-47-18-9-7-16-45(47)56-46-17-8-10-19-48(46)58(50-21-11-20-49(57)54(50)56)38-28-31-51-42(33-38)53-39-13-4-3-12-35(39)25-30-52(53)59-51/h3-33H,1-2H3. The third kappa shape index (κ3) is 4.49. The maximum atomic E-state index is 6.46. The molecule has 59 heavy (non-hydrogen) atoms. The van der Waals surface area contributed by atoms with E-state index in [9.17, 15) is 0 Å². The zero-order chi connectivity index (χ0) is 39.0. The molecule has 0 spiro atoms. The highest BCUT2D eigenvalue weighted by atomic mass is 16.3. The molecule has 2 aliphatic heterocycles. The number of para-hydroxylation sites is 2. The summed E-state index contributed by atoms with van der Waals surface area (Å²) >= 11 is 0. The van der Waals surface area contributed by atoms with E-state index in [-0.39, 0.29) is 12.1 Å². The SMILES string of the molecule is CC1(C)c2ccccc2-c2ccc(-c3ccc(N4c5ccccc5B5c6ccccc6N(c6ccc7oc8ccc9ccccc9c8c7c6)c6cccc4c65)cc3)cc21. The van der Waals surface area contributed by atoms with Crippen molar-refractivity contribution in [3.63, 3.8) is 0 Å². The number of rotatable bonds is 3. The number of anilines is 6. The Hall–Kier alpha value is -7.30. The molecule has 3 heterocycles. The fourth-order valence-electron chi connectivity index (χ4n) is 10.8. The first-order valence-corrected chi connectivity index (χ1v) is 20.6. The van der Waals surface area contributed by atoms with Gasteiger partial charge in [-0.25, -0.2) is 0 Å². The summed E-state index contributed by atoms with van der Waals surface area (Å²) in [5.74, 6) is 0. The van der Waals surface area contributed by atoms with Crippen molar-refractivity contribution in [3.05, 3.63) is 199 Å². The summed E-state index contributed by atoms with van der Waals surface area (Å²) in [6.07, 6.45) is 0. The van der Waals surface area contributed by atoms with Crippen molar-refractivity contribution < 1.29 is 4.42 Å². The molecule has 9 aromatic carbocycles. The van der Waals surface area contributed by atoms with Gasteiger partial charge >= 0.3 is 0 Å². The van der Waals surface area contributed by atoms with Crippen molar-refractivity contribution in [2.45, 2.75) is 19.3 Å². The second-order valence-electron chi connectivity index (χ2n) is 16.9. The fraction of sp³-hybridized carbons (Fsp3) is 0.0545. The first-order chi connectivity index (χ1) is 29.0. The summed E-state index contributed by atoms with van der Waals surface area (Å²) in [6, 6.07) is 69.4. The molecule has 0 saturated carbocycles. The van der Waals surface area contributed by atoms with E-state index in [0.29, 0.717) is 0 Å². The van der Waals surface area contributed by atoms with Crippen molar-refractivity contribution >= 4 is 89.9 Å². The Morgan fingerprint density at radius 1 is 0.441 bits per heavy atom. The van der Waals surface area contributed by atoms with Crippen LogP contribution in [0, 0.1) is 0 Å². The molecule has 3 aliphatic rings. The second kappa shape index (κ2) is 11.9. The van der Waals surface area contributed by atoms with Crippen LogP contribution < -0.4 is 26.2 Å². The van der Waals surface area contributed by atoms with Crippen LogP contribution in [0.1, 0.15) is 25.0 Å². The van der Waals surface area contributed by atoms with E-state index in [0.717, 1.165) is 33.3 Å². The van der Waals surface area contributed by atoms with Crippen molar-refractivity contribution in [2.24, 2.45) is 0 Å². The van der Waals surface area contributed by atoms with Crippen molar-refractivity contribution in [1.82, 2.24) is 0 Å². The highest BCUT2D eigenvalue weighted by Crippen LogP contribution is 2.50. The molecule has 1 aromatic heterocycles. The van der Waals surface area contributed by atoms with E-state index < -0.39 is 0 Å². The van der Waals surface area contributed by atoms with Crippen LogP contribution in [-0.4, -0.2) is 6.71 Å². The van der Waals surface area contributed by atoms with E-state index in [1.807, 2.05) is 0 Å². The van der Waals surface area contributed by atoms with E-state index in [1.54, 1.807) is 0 Å². The van der Waals surface area contributed by atoms with Crippen molar-refractivity contribution in [1.29, 1.82) is 0 Å². The minimum absolute atomic E-state index is 0.0404. The zero-order valence-electron chi connectivity index (χ0n) is 32.8. The van der Waals surface area contributed by atoms with Crippen LogP contribution in [0.15, 0.2) is 192 Å². The molecule has 1 aliphatic carbocycles. The van der Waals surface area contributed by atoms with Crippen molar-refractivity contribution in [2.75, 3.05) is 9.80 Å². The number of benzene rings is 9. The lowest BCUT2D eigenvalue weighted by Gasteiger charge is -2.44. The fourth-order valence-corrected chi connectivity index (χ4v) is 10.8. The normalized spacial score (nSPS) is 14.3. The lowest BCUT2D eigenvalue weighted by Crippen LogP contribution is -2.61. The van der Waals surface area contributed by atoms with Crippen LogP contribution in [0.25, 0.3) is 55.0 Å². The van der Waals surface area contributed by atoms with Crippen molar-refractivity contribution in [3.8, 4) is 22.3 Å². The Balaban J connectivity index is 0.961. The van der Waals surface area contributed by atoms with Crippen LogP contribution in [0.5, 0.6) is 0 Å². The number of hydrogen-bond donors (Lipinski definition) is 0. The minimum Gasteiger partial charge on any atom is -0.456 e. The van der Waals surface area contributed by atoms with Gasteiger partial charge in [0, 0.05) is 50.3 Å². The van der Waals surface area contributed by atoms with Gasteiger partial charge in [-0.2, -0.15) is 0 Å².